The van der Waals surface area contributed by atoms with Crippen LogP contribution in [0.1, 0.15) is 37.0 Å². The van der Waals surface area contributed by atoms with Gasteiger partial charge in [-0.2, -0.15) is 0 Å². The molecule has 19 heavy (non-hydrogen) atoms. The summed E-state index contributed by atoms with van der Waals surface area (Å²) in [5, 5.41) is 3.17. The fourth-order valence-corrected chi connectivity index (χ4v) is 2.07. The zero-order valence-corrected chi connectivity index (χ0v) is 13.1. The fourth-order valence-electron chi connectivity index (χ4n) is 2.07. The number of ether oxygens (including phenoxy) is 2. The Morgan fingerprint density at radius 1 is 1.16 bits per heavy atom. The summed E-state index contributed by atoms with van der Waals surface area (Å²) in [4.78, 5) is 0. The van der Waals surface area contributed by atoms with Crippen molar-refractivity contribution in [3.05, 3.63) is 28.8 Å². The van der Waals surface area contributed by atoms with Crippen LogP contribution in [0.15, 0.2) is 12.1 Å². The van der Waals surface area contributed by atoms with Gasteiger partial charge in [0.25, 0.3) is 0 Å². The lowest BCUT2D eigenvalue weighted by Crippen LogP contribution is -2.25. The first kappa shape index (κ1) is 16.0. The minimum absolute atomic E-state index is 0.131. The topological polar surface area (TPSA) is 30.5 Å². The van der Waals surface area contributed by atoms with Gasteiger partial charge in [-0.15, -0.1) is 0 Å². The first-order valence-electron chi connectivity index (χ1n) is 6.82. The van der Waals surface area contributed by atoms with E-state index in [1.54, 1.807) is 7.11 Å². The van der Waals surface area contributed by atoms with Crippen LogP contribution >= 0.6 is 0 Å². The molecule has 1 aromatic rings. The summed E-state index contributed by atoms with van der Waals surface area (Å²) < 4.78 is 11.3. The minimum atomic E-state index is -0.131. The summed E-state index contributed by atoms with van der Waals surface area (Å²) >= 11 is 0. The predicted octanol–water partition coefficient (Wildman–Crippen LogP) is 3.22. The van der Waals surface area contributed by atoms with E-state index in [9.17, 15) is 0 Å². The smallest absolute Gasteiger partial charge is 0.125 e. The van der Waals surface area contributed by atoms with Crippen LogP contribution in [0, 0.1) is 13.8 Å². The number of benzene rings is 1. The SMILES string of the molecule is CNCc1cc(C)c(OCCC(C)(C)OC)c(C)c1. The highest BCUT2D eigenvalue weighted by atomic mass is 16.5. The summed E-state index contributed by atoms with van der Waals surface area (Å²) in [6, 6.07) is 4.36. The van der Waals surface area contributed by atoms with E-state index < -0.39 is 0 Å². The highest BCUT2D eigenvalue weighted by Gasteiger charge is 2.16. The van der Waals surface area contributed by atoms with E-state index in [1.165, 1.54) is 16.7 Å². The maximum Gasteiger partial charge on any atom is 0.125 e. The molecule has 0 aliphatic rings. The van der Waals surface area contributed by atoms with Crippen molar-refractivity contribution in [1.82, 2.24) is 5.32 Å². The first-order valence-corrected chi connectivity index (χ1v) is 6.82. The third kappa shape index (κ3) is 4.84. The van der Waals surface area contributed by atoms with E-state index >= 15 is 0 Å². The largest absolute Gasteiger partial charge is 0.493 e. The first-order chi connectivity index (χ1) is 8.89. The van der Waals surface area contributed by atoms with Gasteiger partial charge in [0.1, 0.15) is 5.75 Å². The molecule has 0 bridgehead atoms. The molecule has 3 heteroatoms. The molecule has 0 unspecified atom stereocenters. The molecule has 108 valence electrons. The lowest BCUT2D eigenvalue weighted by atomic mass is 10.0. The van der Waals surface area contributed by atoms with Gasteiger partial charge in [0.2, 0.25) is 0 Å². The van der Waals surface area contributed by atoms with Crippen LogP contribution in [0.3, 0.4) is 0 Å². The Hall–Kier alpha value is -1.06. The van der Waals surface area contributed by atoms with Crippen LogP contribution in [-0.4, -0.2) is 26.4 Å². The Morgan fingerprint density at radius 3 is 2.21 bits per heavy atom. The molecule has 0 atom stereocenters. The highest BCUT2D eigenvalue weighted by Crippen LogP contribution is 2.25. The molecule has 0 aliphatic carbocycles. The number of hydrogen-bond acceptors (Lipinski definition) is 3. The molecule has 0 aliphatic heterocycles. The molecule has 0 saturated heterocycles. The number of hydrogen-bond donors (Lipinski definition) is 1. The summed E-state index contributed by atoms with van der Waals surface area (Å²) in [5.74, 6) is 1.01. The van der Waals surface area contributed by atoms with Crippen LogP contribution < -0.4 is 10.1 Å². The molecule has 1 aromatic carbocycles. The zero-order chi connectivity index (χ0) is 14.5. The van der Waals surface area contributed by atoms with E-state index in [-0.39, 0.29) is 5.60 Å². The zero-order valence-electron chi connectivity index (χ0n) is 13.1. The molecule has 0 fully saturated rings. The number of methoxy groups -OCH3 is 1. The summed E-state index contributed by atoms with van der Waals surface area (Å²) in [6.45, 7) is 9.91. The molecule has 0 aromatic heterocycles. The Labute approximate surface area is 117 Å². The average Bonchev–Trinajstić information content (AvgIpc) is 2.33. The van der Waals surface area contributed by atoms with Gasteiger partial charge in [-0.25, -0.2) is 0 Å². The molecule has 0 saturated carbocycles. The molecular formula is C16H27NO2. The molecule has 0 radical (unpaired) electrons. The predicted molar refractivity (Wildman–Crippen MR) is 79.9 cm³/mol. The third-order valence-corrected chi connectivity index (χ3v) is 3.40. The third-order valence-electron chi connectivity index (χ3n) is 3.40. The second kappa shape index (κ2) is 6.92. The Bertz CT molecular complexity index is 390. The minimum Gasteiger partial charge on any atom is -0.493 e. The van der Waals surface area contributed by atoms with E-state index in [1.807, 2.05) is 7.05 Å². The fraction of sp³-hybridized carbons (Fsp3) is 0.625. The van der Waals surface area contributed by atoms with Gasteiger partial charge in [0, 0.05) is 20.1 Å². The Morgan fingerprint density at radius 2 is 1.74 bits per heavy atom. The van der Waals surface area contributed by atoms with E-state index in [0.717, 1.165) is 18.7 Å². The van der Waals surface area contributed by atoms with Crippen LogP contribution in [0.5, 0.6) is 5.75 Å². The number of nitrogens with one attached hydrogen (secondary N) is 1. The summed E-state index contributed by atoms with van der Waals surface area (Å²) in [5.41, 5.74) is 3.55. The van der Waals surface area contributed by atoms with Gasteiger partial charge in [-0.3, -0.25) is 0 Å². The van der Waals surface area contributed by atoms with Gasteiger partial charge in [0.15, 0.2) is 0 Å². The van der Waals surface area contributed by atoms with Gasteiger partial charge in [-0.05, 0) is 51.4 Å². The van der Waals surface area contributed by atoms with Crippen molar-refractivity contribution in [1.29, 1.82) is 0 Å². The number of rotatable bonds is 7. The quantitative estimate of drug-likeness (QED) is 0.821. The molecule has 0 amide bonds. The molecule has 1 N–H and O–H groups in total. The second-order valence-electron chi connectivity index (χ2n) is 5.65. The van der Waals surface area contributed by atoms with E-state index in [2.05, 4.69) is 45.1 Å². The van der Waals surface area contributed by atoms with Crippen molar-refractivity contribution in [3.8, 4) is 5.75 Å². The molecular weight excluding hydrogens is 238 g/mol. The Kier molecular flexibility index (Phi) is 5.83. The van der Waals surface area contributed by atoms with Crippen molar-refractivity contribution in [3.63, 3.8) is 0 Å². The maximum absolute atomic E-state index is 5.94. The van der Waals surface area contributed by atoms with Crippen molar-refractivity contribution in [2.45, 2.75) is 46.3 Å². The van der Waals surface area contributed by atoms with Gasteiger partial charge in [-0.1, -0.05) is 12.1 Å². The summed E-state index contributed by atoms with van der Waals surface area (Å²) in [6.07, 6.45) is 0.876. The second-order valence-corrected chi connectivity index (χ2v) is 5.65. The molecule has 0 spiro atoms. The Balaban J connectivity index is 2.69. The number of aryl methyl sites for hydroxylation is 2. The standard InChI is InChI=1S/C16H27NO2/c1-12-9-14(11-17-5)10-13(2)15(12)19-8-7-16(3,4)18-6/h9-10,17H,7-8,11H2,1-6H3. The average molecular weight is 265 g/mol. The maximum atomic E-state index is 5.94. The molecule has 3 nitrogen and oxygen atoms in total. The molecule has 1 rings (SSSR count). The summed E-state index contributed by atoms with van der Waals surface area (Å²) in [7, 11) is 3.70. The highest BCUT2D eigenvalue weighted by molar-refractivity contribution is 5.43. The van der Waals surface area contributed by atoms with Gasteiger partial charge in [0.05, 0.1) is 12.2 Å². The van der Waals surface area contributed by atoms with Crippen molar-refractivity contribution < 1.29 is 9.47 Å². The van der Waals surface area contributed by atoms with Crippen LogP contribution in [-0.2, 0) is 11.3 Å². The lowest BCUT2D eigenvalue weighted by molar-refractivity contribution is 0.00533. The van der Waals surface area contributed by atoms with E-state index in [4.69, 9.17) is 9.47 Å². The van der Waals surface area contributed by atoms with E-state index in [0.29, 0.717) is 6.61 Å². The van der Waals surface area contributed by atoms with Crippen LogP contribution in [0.4, 0.5) is 0 Å². The molecule has 0 heterocycles. The van der Waals surface area contributed by atoms with Gasteiger partial charge < -0.3 is 14.8 Å². The lowest BCUT2D eigenvalue weighted by Gasteiger charge is -2.23. The van der Waals surface area contributed by atoms with Crippen LogP contribution in [0.25, 0.3) is 0 Å². The normalized spacial score (nSPS) is 11.7. The van der Waals surface area contributed by atoms with Crippen molar-refractivity contribution in [2.24, 2.45) is 0 Å². The van der Waals surface area contributed by atoms with Crippen LogP contribution in [0.2, 0.25) is 0 Å². The van der Waals surface area contributed by atoms with Gasteiger partial charge >= 0.3 is 0 Å². The monoisotopic (exact) mass is 265 g/mol. The van der Waals surface area contributed by atoms with Crippen molar-refractivity contribution in [2.75, 3.05) is 20.8 Å². The van der Waals surface area contributed by atoms with Crippen molar-refractivity contribution >= 4 is 0 Å².